The summed E-state index contributed by atoms with van der Waals surface area (Å²) in [6, 6.07) is 6.92. The van der Waals surface area contributed by atoms with Crippen molar-refractivity contribution in [2.24, 2.45) is 5.73 Å². The average molecular weight is 245 g/mol. The number of benzene rings is 1. The van der Waals surface area contributed by atoms with Crippen molar-refractivity contribution < 1.29 is 4.79 Å². The van der Waals surface area contributed by atoms with Gasteiger partial charge in [-0.15, -0.1) is 10.2 Å². The van der Waals surface area contributed by atoms with Gasteiger partial charge in [-0.1, -0.05) is 13.0 Å². The average Bonchev–Trinajstić information content (AvgIpc) is 2.92. The fourth-order valence-corrected chi connectivity index (χ4v) is 1.50. The van der Waals surface area contributed by atoms with Crippen LogP contribution in [-0.4, -0.2) is 26.7 Å². The molecule has 2 aromatic rings. The molecule has 1 amide bonds. The summed E-state index contributed by atoms with van der Waals surface area (Å²) in [4.78, 5) is 11.7. The Morgan fingerprint density at radius 3 is 2.83 bits per heavy atom. The maximum Gasteiger partial charge on any atom is 0.241 e. The first kappa shape index (κ1) is 12.3. The van der Waals surface area contributed by atoms with E-state index in [2.05, 4.69) is 15.5 Å². The number of carbonyl (C=O) groups excluding carboxylic acids is 1. The van der Waals surface area contributed by atoms with Crippen molar-refractivity contribution in [3.05, 3.63) is 36.9 Å². The molecule has 6 nitrogen and oxygen atoms in total. The quantitative estimate of drug-likeness (QED) is 0.839. The minimum atomic E-state index is -0.483. The number of rotatable bonds is 4. The Morgan fingerprint density at radius 2 is 2.17 bits per heavy atom. The molecule has 0 unspecified atom stereocenters. The summed E-state index contributed by atoms with van der Waals surface area (Å²) in [7, 11) is 0. The number of hydrogen-bond acceptors (Lipinski definition) is 4. The van der Waals surface area contributed by atoms with Gasteiger partial charge in [0.15, 0.2) is 0 Å². The van der Waals surface area contributed by atoms with Crippen LogP contribution in [0.5, 0.6) is 0 Å². The van der Waals surface area contributed by atoms with E-state index in [1.54, 1.807) is 17.2 Å². The first-order valence-electron chi connectivity index (χ1n) is 5.72. The molecule has 2 rings (SSSR count). The third kappa shape index (κ3) is 2.72. The van der Waals surface area contributed by atoms with Crippen molar-refractivity contribution in [3.63, 3.8) is 0 Å². The molecule has 0 aliphatic heterocycles. The van der Waals surface area contributed by atoms with Crippen molar-refractivity contribution in [1.29, 1.82) is 0 Å². The van der Waals surface area contributed by atoms with E-state index in [1.165, 1.54) is 0 Å². The van der Waals surface area contributed by atoms with Gasteiger partial charge in [0, 0.05) is 5.69 Å². The third-order valence-electron chi connectivity index (χ3n) is 2.61. The zero-order valence-corrected chi connectivity index (χ0v) is 10.1. The molecular formula is C12H15N5O. The zero-order chi connectivity index (χ0) is 13.0. The van der Waals surface area contributed by atoms with E-state index in [4.69, 9.17) is 5.73 Å². The van der Waals surface area contributed by atoms with Gasteiger partial charge < -0.3 is 11.1 Å². The number of hydrogen-bond donors (Lipinski definition) is 2. The van der Waals surface area contributed by atoms with Crippen molar-refractivity contribution in [3.8, 4) is 5.69 Å². The fraction of sp³-hybridized carbons (Fsp3) is 0.250. The second kappa shape index (κ2) is 5.42. The van der Waals surface area contributed by atoms with E-state index in [0.29, 0.717) is 12.1 Å². The van der Waals surface area contributed by atoms with Gasteiger partial charge in [0.1, 0.15) is 12.7 Å². The van der Waals surface area contributed by atoms with E-state index >= 15 is 0 Å². The van der Waals surface area contributed by atoms with Gasteiger partial charge in [0.05, 0.1) is 11.7 Å². The van der Waals surface area contributed by atoms with Crippen LogP contribution in [-0.2, 0) is 4.79 Å². The Kier molecular flexibility index (Phi) is 3.69. The topological polar surface area (TPSA) is 85.8 Å². The highest BCUT2D eigenvalue weighted by molar-refractivity contribution is 5.94. The van der Waals surface area contributed by atoms with Crippen LogP contribution in [0, 0.1) is 0 Å². The summed E-state index contributed by atoms with van der Waals surface area (Å²) in [6.45, 7) is 1.87. The molecule has 0 aliphatic carbocycles. The minimum absolute atomic E-state index is 0.182. The molecule has 0 saturated carbocycles. The van der Waals surface area contributed by atoms with Crippen LogP contribution < -0.4 is 11.1 Å². The van der Waals surface area contributed by atoms with Crippen LogP contribution in [0.15, 0.2) is 36.9 Å². The van der Waals surface area contributed by atoms with Gasteiger partial charge >= 0.3 is 0 Å². The molecule has 1 heterocycles. The molecule has 0 bridgehead atoms. The van der Waals surface area contributed by atoms with Crippen molar-refractivity contribution >= 4 is 11.6 Å². The molecule has 94 valence electrons. The summed E-state index contributed by atoms with van der Waals surface area (Å²) in [5, 5.41) is 10.2. The van der Waals surface area contributed by atoms with Gasteiger partial charge in [-0.25, -0.2) is 0 Å². The summed E-state index contributed by atoms with van der Waals surface area (Å²) < 4.78 is 1.76. The maximum atomic E-state index is 11.7. The lowest BCUT2D eigenvalue weighted by atomic mass is 10.2. The normalized spacial score (nSPS) is 12.1. The monoisotopic (exact) mass is 245 g/mol. The van der Waals surface area contributed by atoms with Crippen LogP contribution in [0.3, 0.4) is 0 Å². The molecular weight excluding hydrogens is 230 g/mol. The number of carbonyl (C=O) groups is 1. The Balaban J connectivity index is 2.16. The van der Waals surface area contributed by atoms with Gasteiger partial charge in [-0.2, -0.15) is 0 Å². The van der Waals surface area contributed by atoms with Crippen LogP contribution >= 0.6 is 0 Å². The second-order valence-corrected chi connectivity index (χ2v) is 3.92. The lowest BCUT2D eigenvalue weighted by Crippen LogP contribution is -2.34. The molecule has 18 heavy (non-hydrogen) atoms. The van der Waals surface area contributed by atoms with Gasteiger partial charge in [0.25, 0.3) is 0 Å². The highest BCUT2D eigenvalue weighted by Gasteiger charge is 2.11. The van der Waals surface area contributed by atoms with E-state index in [1.807, 2.05) is 31.2 Å². The van der Waals surface area contributed by atoms with E-state index in [-0.39, 0.29) is 5.91 Å². The van der Waals surface area contributed by atoms with Crippen LogP contribution in [0.1, 0.15) is 13.3 Å². The van der Waals surface area contributed by atoms with Crippen molar-refractivity contribution in [2.45, 2.75) is 19.4 Å². The van der Waals surface area contributed by atoms with Crippen molar-refractivity contribution in [2.75, 3.05) is 5.32 Å². The summed E-state index contributed by atoms with van der Waals surface area (Å²) >= 11 is 0. The fourth-order valence-electron chi connectivity index (χ4n) is 1.50. The zero-order valence-electron chi connectivity index (χ0n) is 10.1. The van der Waals surface area contributed by atoms with E-state index in [9.17, 15) is 4.79 Å². The molecule has 1 aromatic heterocycles. The smallest absolute Gasteiger partial charge is 0.241 e. The Bertz CT molecular complexity index is 523. The predicted octanol–water partition coefficient (Wildman–Crippen LogP) is 0.943. The van der Waals surface area contributed by atoms with Gasteiger partial charge in [0.2, 0.25) is 5.91 Å². The molecule has 0 saturated heterocycles. The molecule has 0 fully saturated rings. The predicted molar refractivity (Wildman–Crippen MR) is 68.3 cm³/mol. The van der Waals surface area contributed by atoms with Gasteiger partial charge in [-0.3, -0.25) is 9.36 Å². The molecule has 0 aliphatic rings. The summed E-state index contributed by atoms with van der Waals surface area (Å²) in [6.07, 6.45) is 3.80. The highest BCUT2D eigenvalue weighted by Crippen LogP contribution is 2.14. The molecule has 1 atom stereocenters. The number of aromatic nitrogens is 3. The van der Waals surface area contributed by atoms with Crippen molar-refractivity contribution in [1.82, 2.24) is 14.8 Å². The number of anilines is 1. The Hall–Kier alpha value is -2.21. The van der Waals surface area contributed by atoms with Crippen LogP contribution in [0.25, 0.3) is 5.69 Å². The number of nitrogens with one attached hydrogen (secondary N) is 1. The lowest BCUT2D eigenvalue weighted by molar-refractivity contribution is -0.117. The number of amides is 1. The minimum Gasteiger partial charge on any atom is -0.325 e. The molecule has 0 spiro atoms. The molecule has 1 aromatic carbocycles. The van der Waals surface area contributed by atoms with Crippen LogP contribution in [0.4, 0.5) is 5.69 Å². The van der Waals surface area contributed by atoms with Gasteiger partial charge in [-0.05, 0) is 24.6 Å². The lowest BCUT2D eigenvalue weighted by Gasteiger charge is -2.11. The SMILES string of the molecule is CC[C@@H](N)C(=O)Nc1cccc(-n2cnnc2)c1. The van der Waals surface area contributed by atoms with E-state index < -0.39 is 6.04 Å². The molecule has 6 heteroatoms. The number of nitrogens with two attached hydrogens (primary N) is 1. The second-order valence-electron chi connectivity index (χ2n) is 3.92. The summed E-state index contributed by atoms with van der Waals surface area (Å²) in [5.74, 6) is -0.182. The Labute approximate surface area is 105 Å². The Morgan fingerprint density at radius 1 is 1.44 bits per heavy atom. The highest BCUT2D eigenvalue weighted by atomic mass is 16.2. The maximum absolute atomic E-state index is 11.7. The largest absolute Gasteiger partial charge is 0.325 e. The molecule has 3 N–H and O–H groups in total. The number of nitrogens with zero attached hydrogens (tertiary/aromatic N) is 3. The standard InChI is InChI=1S/C12H15N5O/c1-2-11(13)12(18)16-9-4-3-5-10(6-9)17-7-14-15-8-17/h3-8,11H,2,13H2,1H3,(H,16,18)/t11-/m1/s1. The summed E-state index contributed by atoms with van der Waals surface area (Å²) in [5.41, 5.74) is 7.24. The third-order valence-corrected chi connectivity index (χ3v) is 2.61. The van der Waals surface area contributed by atoms with Crippen LogP contribution in [0.2, 0.25) is 0 Å². The molecule has 0 radical (unpaired) electrons. The van der Waals surface area contributed by atoms with E-state index in [0.717, 1.165) is 5.69 Å². The first-order valence-corrected chi connectivity index (χ1v) is 5.72. The first-order chi connectivity index (χ1) is 8.70.